The Kier molecular flexibility index (Phi) is 7.36. The normalized spacial score (nSPS) is 11.3. The van der Waals surface area contributed by atoms with E-state index in [0.717, 1.165) is 28.8 Å². The fourth-order valence-corrected chi connectivity index (χ4v) is 3.76. The van der Waals surface area contributed by atoms with Crippen molar-refractivity contribution in [3.05, 3.63) is 65.2 Å². The highest BCUT2D eigenvalue weighted by molar-refractivity contribution is 7.89. The van der Waals surface area contributed by atoms with E-state index in [9.17, 15) is 13.2 Å². The van der Waals surface area contributed by atoms with Gasteiger partial charge in [-0.3, -0.25) is 4.79 Å². The minimum atomic E-state index is -3.48. The van der Waals surface area contributed by atoms with E-state index in [1.807, 2.05) is 62.4 Å². The van der Waals surface area contributed by atoms with E-state index in [2.05, 4.69) is 10.0 Å². The first-order valence-electron chi connectivity index (χ1n) is 8.81. The van der Waals surface area contributed by atoms with E-state index in [1.54, 1.807) is 0 Å². The van der Waals surface area contributed by atoms with Crippen molar-refractivity contribution in [1.29, 1.82) is 0 Å². The lowest BCUT2D eigenvalue weighted by molar-refractivity contribution is -0.115. The number of benzene rings is 2. The maximum absolute atomic E-state index is 12.1. The Morgan fingerprint density at radius 1 is 1.04 bits per heavy atom. The van der Waals surface area contributed by atoms with Crippen LogP contribution in [-0.2, 0) is 27.7 Å². The van der Waals surface area contributed by atoms with Gasteiger partial charge in [0.05, 0.1) is 12.3 Å². The second kappa shape index (κ2) is 9.50. The number of aryl methyl sites for hydroxylation is 3. The summed E-state index contributed by atoms with van der Waals surface area (Å²) in [6.07, 6.45) is 2.00. The molecule has 1 amide bonds. The number of para-hydroxylation sites is 1. The maximum atomic E-state index is 12.1. The Labute approximate surface area is 155 Å². The van der Waals surface area contributed by atoms with Crippen LogP contribution in [0.3, 0.4) is 0 Å². The van der Waals surface area contributed by atoms with Crippen molar-refractivity contribution >= 4 is 21.6 Å². The second-order valence-electron chi connectivity index (χ2n) is 6.24. The highest BCUT2D eigenvalue weighted by Gasteiger charge is 2.14. The minimum absolute atomic E-state index is 0.000249. The lowest BCUT2D eigenvalue weighted by atomic mass is 10.1. The van der Waals surface area contributed by atoms with Gasteiger partial charge in [-0.25, -0.2) is 13.1 Å². The first-order valence-corrected chi connectivity index (χ1v) is 10.5. The van der Waals surface area contributed by atoms with E-state index >= 15 is 0 Å². The third-order valence-electron chi connectivity index (χ3n) is 4.18. The molecule has 2 aromatic carbocycles. The van der Waals surface area contributed by atoms with E-state index in [4.69, 9.17) is 0 Å². The zero-order valence-corrected chi connectivity index (χ0v) is 16.1. The van der Waals surface area contributed by atoms with E-state index in [-0.39, 0.29) is 18.2 Å². The van der Waals surface area contributed by atoms with Crippen molar-refractivity contribution in [3.8, 4) is 0 Å². The number of hydrogen-bond acceptors (Lipinski definition) is 3. The monoisotopic (exact) mass is 374 g/mol. The average molecular weight is 375 g/mol. The molecule has 0 fully saturated rings. The van der Waals surface area contributed by atoms with Gasteiger partial charge in [0.25, 0.3) is 0 Å². The predicted octanol–water partition coefficient (Wildman–Crippen LogP) is 3.05. The number of anilines is 1. The van der Waals surface area contributed by atoms with Crippen LogP contribution in [0.25, 0.3) is 0 Å². The molecule has 140 valence electrons. The van der Waals surface area contributed by atoms with Crippen molar-refractivity contribution in [2.24, 2.45) is 0 Å². The molecule has 2 rings (SSSR count). The number of carbonyl (C=O) groups excluding carboxylic acids is 1. The van der Waals surface area contributed by atoms with Crippen molar-refractivity contribution in [2.45, 2.75) is 33.1 Å². The standard InChI is InChI=1S/C20H26N2O3S/c1-3-18-13-7-9-16(2)20(18)22-19(23)15-21-26(24,25)14-8-12-17-10-5-4-6-11-17/h4-7,9-11,13,21H,3,8,12,14-15H2,1-2H3,(H,22,23). The molecule has 2 N–H and O–H groups in total. The number of rotatable bonds is 9. The third kappa shape index (κ3) is 6.28. The zero-order chi connectivity index (χ0) is 19.0. The SMILES string of the molecule is CCc1cccc(C)c1NC(=O)CNS(=O)(=O)CCCc1ccccc1. The Morgan fingerprint density at radius 2 is 1.77 bits per heavy atom. The number of amides is 1. The van der Waals surface area contributed by atoms with Crippen LogP contribution in [0.15, 0.2) is 48.5 Å². The Hall–Kier alpha value is -2.18. The van der Waals surface area contributed by atoms with Gasteiger partial charge in [0.15, 0.2) is 0 Å². The van der Waals surface area contributed by atoms with Crippen molar-refractivity contribution in [2.75, 3.05) is 17.6 Å². The molecule has 0 aromatic heterocycles. The summed E-state index contributed by atoms with van der Waals surface area (Å²) >= 11 is 0. The van der Waals surface area contributed by atoms with Crippen molar-refractivity contribution in [3.63, 3.8) is 0 Å². The summed E-state index contributed by atoms with van der Waals surface area (Å²) in [7, 11) is -3.48. The molecule has 6 heteroatoms. The molecular formula is C20H26N2O3S. The van der Waals surface area contributed by atoms with Gasteiger partial charge in [-0.1, -0.05) is 55.5 Å². The number of sulfonamides is 1. The molecule has 0 unspecified atom stereocenters. The van der Waals surface area contributed by atoms with Crippen LogP contribution >= 0.6 is 0 Å². The molecule has 2 aromatic rings. The molecule has 0 atom stereocenters. The van der Waals surface area contributed by atoms with E-state index in [1.165, 1.54) is 0 Å². The lowest BCUT2D eigenvalue weighted by Gasteiger charge is -2.13. The van der Waals surface area contributed by atoms with Gasteiger partial charge < -0.3 is 5.32 Å². The van der Waals surface area contributed by atoms with Crippen LogP contribution in [0, 0.1) is 6.92 Å². The zero-order valence-electron chi connectivity index (χ0n) is 15.3. The molecule has 26 heavy (non-hydrogen) atoms. The van der Waals surface area contributed by atoms with Gasteiger partial charge in [0, 0.05) is 5.69 Å². The number of nitrogens with one attached hydrogen (secondary N) is 2. The van der Waals surface area contributed by atoms with Gasteiger partial charge in [-0.2, -0.15) is 0 Å². The second-order valence-corrected chi connectivity index (χ2v) is 8.17. The van der Waals surface area contributed by atoms with Crippen molar-refractivity contribution < 1.29 is 13.2 Å². The van der Waals surface area contributed by atoms with Crippen LogP contribution in [-0.4, -0.2) is 26.6 Å². The number of carbonyl (C=O) groups is 1. The molecule has 0 heterocycles. The topological polar surface area (TPSA) is 75.3 Å². The minimum Gasteiger partial charge on any atom is -0.324 e. The molecule has 0 aliphatic rings. The molecule has 0 spiro atoms. The van der Waals surface area contributed by atoms with Crippen LogP contribution in [0.5, 0.6) is 0 Å². The Bertz CT molecular complexity index is 833. The molecule has 0 bridgehead atoms. The van der Waals surface area contributed by atoms with Crippen LogP contribution in [0.4, 0.5) is 5.69 Å². The first kappa shape index (κ1) is 20.1. The highest BCUT2D eigenvalue weighted by Crippen LogP contribution is 2.20. The smallest absolute Gasteiger partial charge is 0.239 e. The summed E-state index contributed by atoms with van der Waals surface area (Å²) in [6.45, 7) is 3.67. The van der Waals surface area contributed by atoms with Gasteiger partial charge in [0.1, 0.15) is 0 Å². The average Bonchev–Trinajstić information content (AvgIpc) is 2.62. The van der Waals surface area contributed by atoms with Gasteiger partial charge in [0.2, 0.25) is 15.9 Å². The molecule has 5 nitrogen and oxygen atoms in total. The summed E-state index contributed by atoms with van der Waals surface area (Å²) in [5.41, 5.74) is 3.86. The highest BCUT2D eigenvalue weighted by atomic mass is 32.2. The largest absolute Gasteiger partial charge is 0.324 e. The summed E-state index contributed by atoms with van der Waals surface area (Å²) < 4.78 is 26.5. The molecular weight excluding hydrogens is 348 g/mol. The quantitative estimate of drug-likeness (QED) is 0.708. The molecule has 0 saturated carbocycles. The molecule has 0 radical (unpaired) electrons. The van der Waals surface area contributed by atoms with Crippen LogP contribution in [0.1, 0.15) is 30.0 Å². The Morgan fingerprint density at radius 3 is 2.46 bits per heavy atom. The summed E-state index contributed by atoms with van der Waals surface area (Å²) in [5.74, 6) is -0.361. The summed E-state index contributed by atoms with van der Waals surface area (Å²) in [5, 5.41) is 2.82. The molecule has 0 saturated heterocycles. The molecule has 0 aliphatic heterocycles. The van der Waals surface area contributed by atoms with E-state index < -0.39 is 10.0 Å². The fraction of sp³-hybridized carbons (Fsp3) is 0.350. The molecule has 0 aliphatic carbocycles. The lowest BCUT2D eigenvalue weighted by Crippen LogP contribution is -2.34. The van der Waals surface area contributed by atoms with Gasteiger partial charge >= 0.3 is 0 Å². The maximum Gasteiger partial charge on any atom is 0.239 e. The fourth-order valence-electron chi connectivity index (χ4n) is 2.74. The summed E-state index contributed by atoms with van der Waals surface area (Å²) in [6, 6.07) is 15.6. The first-order chi connectivity index (χ1) is 12.4. The van der Waals surface area contributed by atoms with Gasteiger partial charge in [-0.15, -0.1) is 0 Å². The van der Waals surface area contributed by atoms with Crippen LogP contribution in [0.2, 0.25) is 0 Å². The van der Waals surface area contributed by atoms with Crippen LogP contribution < -0.4 is 10.0 Å². The predicted molar refractivity (Wildman–Crippen MR) is 106 cm³/mol. The third-order valence-corrected chi connectivity index (χ3v) is 5.59. The number of hydrogen-bond donors (Lipinski definition) is 2. The van der Waals surface area contributed by atoms with Gasteiger partial charge in [-0.05, 0) is 42.9 Å². The van der Waals surface area contributed by atoms with E-state index in [0.29, 0.717) is 12.8 Å². The Balaban J connectivity index is 1.82. The van der Waals surface area contributed by atoms with Crippen molar-refractivity contribution in [1.82, 2.24) is 4.72 Å². The summed E-state index contributed by atoms with van der Waals surface area (Å²) in [4.78, 5) is 12.1.